The Morgan fingerprint density at radius 1 is 1.32 bits per heavy atom. The molecule has 0 radical (unpaired) electrons. The van der Waals surface area contributed by atoms with E-state index in [2.05, 4.69) is 15.3 Å². The number of rotatable bonds is 4. The zero-order valence-electron chi connectivity index (χ0n) is 11.8. The summed E-state index contributed by atoms with van der Waals surface area (Å²) in [6.45, 7) is 0. The molecule has 9 heteroatoms. The maximum Gasteiger partial charge on any atom is 0.270 e. The molecule has 22 heavy (non-hydrogen) atoms. The van der Waals surface area contributed by atoms with E-state index in [-0.39, 0.29) is 16.3 Å². The Hall–Kier alpha value is -2.74. The van der Waals surface area contributed by atoms with Crippen molar-refractivity contribution in [3.8, 4) is 0 Å². The number of benzene rings is 1. The van der Waals surface area contributed by atoms with Gasteiger partial charge in [0.15, 0.2) is 0 Å². The van der Waals surface area contributed by atoms with Crippen LogP contribution in [-0.2, 0) is 0 Å². The number of carbonyl (C=O) groups is 1. The Labute approximate surface area is 130 Å². The number of amides is 1. The topological polar surface area (TPSA) is 101 Å². The summed E-state index contributed by atoms with van der Waals surface area (Å²) >= 11 is 5.90. The Kier molecular flexibility index (Phi) is 4.52. The number of halogens is 1. The van der Waals surface area contributed by atoms with E-state index < -0.39 is 10.8 Å². The zero-order valence-corrected chi connectivity index (χ0v) is 12.5. The number of nitro benzene ring substituents is 1. The molecule has 0 bridgehead atoms. The van der Waals surface area contributed by atoms with Crippen LogP contribution in [0.5, 0.6) is 0 Å². The predicted octanol–water partition coefficient (Wildman–Crippen LogP) is 2.36. The average molecular weight is 322 g/mol. The van der Waals surface area contributed by atoms with E-state index in [0.29, 0.717) is 11.6 Å². The van der Waals surface area contributed by atoms with E-state index in [1.165, 1.54) is 24.5 Å². The van der Waals surface area contributed by atoms with Crippen molar-refractivity contribution in [1.82, 2.24) is 9.97 Å². The molecule has 0 fully saturated rings. The molecule has 0 atom stereocenters. The summed E-state index contributed by atoms with van der Waals surface area (Å²) in [6.07, 6.45) is 2.92. The Morgan fingerprint density at radius 3 is 2.45 bits per heavy atom. The van der Waals surface area contributed by atoms with Crippen molar-refractivity contribution >= 4 is 34.8 Å². The highest BCUT2D eigenvalue weighted by Gasteiger charge is 2.15. The lowest BCUT2D eigenvalue weighted by Gasteiger charge is -2.10. The predicted molar refractivity (Wildman–Crippen MR) is 82.4 cm³/mol. The summed E-state index contributed by atoms with van der Waals surface area (Å²) in [4.78, 5) is 32.0. The van der Waals surface area contributed by atoms with Crippen LogP contribution in [0.25, 0.3) is 0 Å². The van der Waals surface area contributed by atoms with Crippen LogP contribution in [0.3, 0.4) is 0 Å². The first-order chi connectivity index (χ1) is 10.4. The molecule has 2 rings (SSSR count). The summed E-state index contributed by atoms with van der Waals surface area (Å²) in [5, 5.41) is 13.2. The van der Waals surface area contributed by atoms with Gasteiger partial charge in [-0.05, 0) is 6.07 Å². The largest absolute Gasteiger partial charge is 0.347 e. The van der Waals surface area contributed by atoms with E-state index in [4.69, 9.17) is 11.6 Å². The van der Waals surface area contributed by atoms with Gasteiger partial charge in [-0.1, -0.05) is 11.6 Å². The normalized spacial score (nSPS) is 10.1. The molecular formula is C13H12ClN5O3. The molecule has 0 spiro atoms. The van der Waals surface area contributed by atoms with E-state index in [1.807, 2.05) is 0 Å². The summed E-state index contributed by atoms with van der Waals surface area (Å²) in [5.41, 5.74) is 0.342. The van der Waals surface area contributed by atoms with Gasteiger partial charge in [0, 0.05) is 26.2 Å². The minimum absolute atomic E-state index is 0.00229. The van der Waals surface area contributed by atoms with Gasteiger partial charge >= 0.3 is 0 Å². The van der Waals surface area contributed by atoms with Gasteiger partial charge in [-0.2, -0.15) is 0 Å². The van der Waals surface area contributed by atoms with Crippen molar-refractivity contribution in [3.05, 3.63) is 51.3 Å². The van der Waals surface area contributed by atoms with Crippen LogP contribution < -0.4 is 10.2 Å². The first-order valence-corrected chi connectivity index (χ1v) is 6.51. The maximum absolute atomic E-state index is 12.1. The number of non-ortho nitro benzene ring substituents is 1. The lowest BCUT2D eigenvalue weighted by Crippen LogP contribution is -2.15. The first kappa shape index (κ1) is 15.6. The van der Waals surface area contributed by atoms with Gasteiger partial charge in [-0.3, -0.25) is 14.9 Å². The molecule has 0 saturated carbocycles. The van der Waals surface area contributed by atoms with Crippen molar-refractivity contribution in [1.29, 1.82) is 0 Å². The van der Waals surface area contributed by atoms with Crippen LogP contribution in [0.4, 0.5) is 17.3 Å². The molecule has 1 amide bonds. The summed E-state index contributed by atoms with van der Waals surface area (Å²) in [5.74, 6) is 0.00692. The number of hydrogen-bond donors (Lipinski definition) is 1. The minimum Gasteiger partial charge on any atom is -0.347 e. The molecule has 1 aromatic heterocycles. The highest BCUT2D eigenvalue weighted by Crippen LogP contribution is 2.23. The SMILES string of the molecule is CN(C)c1ncc(NC(=O)c2ccc([N+](=O)[O-])cc2Cl)cn1. The van der Waals surface area contributed by atoms with Crippen molar-refractivity contribution in [2.24, 2.45) is 0 Å². The van der Waals surface area contributed by atoms with E-state index >= 15 is 0 Å². The van der Waals surface area contributed by atoms with Crippen LogP contribution >= 0.6 is 11.6 Å². The van der Waals surface area contributed by atoms with Crippen molar-refractivity contribution < 1.29 is 9.72 Å². The molecule has 0 aliphatic rings. The molecule has 0 saturated heterocycles. The van der Waals surface area contributed by atoms with Gasteiger partial charge in [0.1, 0.15) is 0 Å². The molecule has 0 aliphatic heterocycles. The standard InChI is InChI=1S/C13H12ClN5O3/c1-18(2)13-15-6-8(7-16-13)17-12(20)10-4-3-9(19(21)22)5-11(10)14/h3-7H,1-2H3,(H,17,20). The second-order valence-corrected chi connectivity index (χ2v) is 4.95. The fraction of sp³-hybridized carbons (Fsp3) is 0.154. The van der Waals surface area contributed by atoms with Crippen LogP contribution in [-0.4, -0.2) is 34.9 Å². The third kappa shape index (κ3) is 3.47. The molecule has 114 valence electrons. The second kappa shape index (κ2) is 6.35. The number of anilines is 2. The molecule has 0 aliphatic carbocycles. The van der Waals surface area contributed by atoms with Crippen LogP contribution in [0.1, 0.15) is 10.4 Å². The number of nitrogens with zero attached hydrogens (tertiary/aromatic N) is 4. The number of nitrogens with one attached hydrogen (secondary N) is 1. The molecular weight excluding hydrogens is 310 g/mol. The van der Waals surface area contributed by atoms with E-state index in [0.717, 1.165) is 6.07 Å². The van der Waals surface area contributed by atoms with Gasteiger partial charge in [0.05, 0.1) is 33.6 Å². The Bertz CT molecular complexity index is 718. The number of aromatic nitrogens is 2. The summed E-state index contributed by atoms with van der Waals surface area (Å²) in [6, 6.07) is 3.64. The smallest absolute Gasteiger partial charge is 0.270 e. The van der Waals surface area contributed by atoms with Gasteiger partial charge in [-0.25, -0.2) is 9.97 Å². The third-order valence-electron chi connectivity index (χ3n) is 2.70. The van der Waals surface area contributed by atoms with E-state index in [9.17, 15) is 14.9 Å². The Balaban J connectivity index is 2.17. The molecule has 1 heterocycles. The van der Waals surface area contributed by atoms with Gasteiger partial charge in [0.25, 0.3) is 11.6 Å². The lowest BCUT2D eigenvalue weighted by molar-refractivity contribution is -0.384. The van der Waals surface area contributed by atoms with Gasteiger partial charge < -0.3 is 10.2 Å². The summed E-state index contributed by atoms with van der Waals surface area (Å²) < 4.78 is 0. The minimum atomic E-state index is -0.582. The molecule has 8 nitrogen and oxygen atoms in total. The fourth-order valence-corrected chi connectivity index (χ4v) is 1.88. The van der Waals surface area contributed by atoms with Crippen LogP contribution in [0.15, 0.2) is 30.6 Å². The average Bonchev–Trinajstić information content (AvgIpc) is 2.47. The first-order valence-electron chi connectivity index (χ1n) is 6.13. The number of hydrogen-bond acceptors (Lipinski definition) is 6. The summed E-state index contributed by atoms with van der Waals surface area (Å²) in [7, 11) is 3.59. The quantitative estimate of drug-likeness (QED) is 0.685. The molecule has 1 aromatic carbocycles. The number of carbonyl (C=O) groups excluding carboxylic acids is 1. The second-order valence-electron chi connectivity index (χ2n) is 4.54. The third-order valence-corrected chi connectivity index (χ3v) is 3.02. The fourth-order valence-electron chi connectivity index (χ4n) is 1.62. The van der Waals surface area contributed by atoms with Crippen LogP contribution in [0.2, 0.25) is 5.02 Å². The monoisotopic (exact) mass is 321 g/mol. The number of nitro groups is 1. The van der Waals surface area contributed by atoms with Crippen LogP contribution in [0, 0.1) is 10.1 Å². The van der Waals surface area contributed by atoms with Crippen molar-refractivity contribution in [2.75, 3.05) is 24.3 Å². The van der Waals surface area contributed by atoms with Crippen molar-refractivity contribution in [3.63, 3.8) is 0 Å². The molecule has 1 N–H and O–H groups in total. The van der Waals surface area contributed by atoms with Crippen molar-refractivity contribution in [2.45, 2.75) is 0 Å². The highest BCUT2D eigenvalue weighted by atomic mass is 35.5. The van der Waals surface area contributed by atoms with Gasteiger partial charge in [0.2, 0.25) is 5.95 Å². The lowest BCUT2D eigenvalue weighted by atomic mass is 10.2. The maximum atomic E-state index is 12.1. The zero-order chi connectivity index (χ0) is 16.3. The Morgan fingerprint density at radius 2 is 1.95 bits per heavy atom. The van der Waals surface area contributed by atoms with Gasteiger partial charge in [-0.15, -0.1) is 0 Å². The highest BCUT2D eigenvalue weighted by molar-refractivity contribution is 6.34. The molecule has 0 unspecified atom stereocenters. The molecule has 2 aromatic rings. The van der Waals surface area contributed by atoms with E-state index in [1.54, 1.807) is 19.0 Å².